The van der Waals surface area contributed by atoms with E-state index >= 15 is 0 Å². The van der Waals surface area contributed by atoms with Crippen molar-refractivity contribution >= 4 is 12.0 Å². The summed E-state index contributed by atoms with van der Waals surface area (Å²) < 4.78 is 38.0. The second kappa shape index (κ2) is 10.8. The highest BCUT2D eigenvalue weighted by molar-refractivity contribution is 5.91. The van der Waals surface area contributed by atoms with Crippen molar-refractivity contribution in [2.45, 2.75) is 25.6 Å². The Kier molecular flexibility index (Phi) is 7.35. The van der Waals surface area contributed by atoms with Crippen LogP contribution in [0.3, 0.4) is 0 Å². The van der Waals surface area contributed by atoms with Gasteiger partial charge in [0.05, 0.1) is 0 Å². The van der Waals surface area contributed by atoms with Gasteiger partial charge in [0.15, 0.2) is 11.6 Å². The summed E-state index contributed by atoms with van der Waals surface area (Å²) >= 11 is 0. The normalized spacial score (nSPS) is 14.4. The van der Waals surface area contributed by atoms with Crippen LogP contribution in [0.2, 0.25) is 0 Å². The number of hydrogen-bond acceptors (Lipinski definition) is 3. The minimum Gasteiger partial charge on any atom is -0.490 e. The molecule has 0 aliphatic carbocycles. The lowest BCUT2D eigenvalue weighted by Crippen LogP contribution is -2.41. The Morgan fingerprint density at radius 3 is 2.45 bits per heavy atom. The smallest absolute Gasteiger partial charge is 0.246 e. The van der Waals surface area contributed by atoms with E-state index in [2.05, 4.69) is 0 Å². The summed E-state index contributed by atoms with van der Waals surface area (Å²) in [5, 5.41) is 0. The third-order valence-corrected chi connectivity index (χ3v) is 5.47. The van der Waals surface area contributed by atoms with Gasteiger partial charge in [-0.3, -0.25) is 4.79 Å². The van der Waals surface area contributed by atoms with Crippen molar-refractivity contribution in [2.24, 2.45) is 0 Å². The lowest BCUT2D eigenvalue weighted by atomic mass is 10.1. The van der Waals surface area contributed by atoms with E-state index in [1.807, 2.05) is 54.6 Å². The van der Waals surface area contributed by atoms with Gasteiger partial charge in [0.25, 0.3) is 0 Å². The molecule has 3 aromatic rings. The number of ether oxygens (including phenoxy) is 2. The van der Waals surface area contributed by atoms with Crippen molar-refractivity contribution in [3.05, 3.63) is 102 Å². The van der Waals surface area contributed by atoms with Crippen molar-refractivity contribution in [3.63, 3.8) is 0 Å². The number of piperidine rings is 1. The predicted octanol–water partition coefficient (Wildman–Crippen LogP) is 5.63. The van der Waals surface area contributed by atoms with Crippen LogP contribution in [0.1, 0.15) is 24.0 Å². The van der Waals surface area contributed by atoms with Crippen LogP contribution in [0.5, 0.6) is 11.5 Å². The minimum absolute atomic E-state index is 0.0723. The Morgan fingerprint density at radius 1 is 0.909 bits per heavy atom. The fourth-order valence-corrected chi connectivity index (χ4v) is 3.66. The molecule has 1 aliphatic heterocycles. The number of nitrogens with zero attached hydrogens (tertiary/aromatic N) is 1. The molecule has 6 heteroatoms. The van der Waals surface area contributed by atoms with Gasteiger partial charge in [-0.05, 0) is 41.5 Å². The van der Waals surface area contributed by atoms with Gasteiger partial charge in [-0.1, -0.05) is 42.5 Å². The summed E-state index contributed by atoms with van der Waals surface area (Å²) in [6.07, 6.45) is 4.46. The highest BCUT2D eigenvalue weighted by Crippen LogP contribution is 2.22. The monoisotopic (exact) mass is 449 g/mol. The molecule has 170 valence electrons. The molecule has 1 heterocycles. The van der Waals surface area contributed by atoms with Crippen LogP contribution in [-0.4, -0.2) is 30.0 Å². The van der Waals surface area contributed by atoms with E-state index in [0.717, 1.165) is 29.0 Å². The molecule has 4 nitrogen and oxygen atoms in total. The zero-order chi connectivity index (χ0) is 23.0. The number of carbonyl (C=O) groups is 1. The zero-order valence-electron chi connectivity index (χ0n) is 18.1. The maximum absolute atomic E-state index is 13.3. The molecule has 0 bridgehead atoms. The van der Waals surface area contributed by atoms with Gasteiger partial charge in [-0.2, -0.15) is 0 Å². The van der Waals surface area contributed by atoms with Gasteiger partial charge in [0.1, 0.15) is 24.2 Å². The van der Waals surface area contributed by atoms with Gasteiger partial charge in [-0.15, -0.1) is 0 Å². The SMILES string of the molecule is O=C(/C=C/c1cccc(OCc2ccccc2)c1)N1CCC(Oc2ccc(F)c(F)c2)CC1. The van der Waals surface area contributed by atoms with Gasteiger partial charge >= 0.3 is 0 Å². The summed E-state index contributed by atoms with van der Waals surface area (Å²) in [4.78, 5) is 14.4. The quantitative estimate of drug-likeness (QED) is 0.439. The van der Waals surface area contributed by atoms with Crippen molar-refractivity contribution in [2.75, 3.05) is 13.1 Å². The Morgan fingerprint density at radius 2 is 1.70 bits per heavy atom. The highest BCUT2D eigenvalue weighted by atomic mass is 19.2. The topological polar surface area (TPSA) is 38.8 Å². The first kappa shape index (κ1) is 22.5. The zero-order valence-corrected chi connectivity index (χ0v) is 18.1. The maximum Gasteiger partial charge on any atom is 0.246 e. The Hall–Kier alpha value is -3.67. The van der Waals surface area contributed by atoms with Crippen LogP contribution in [0, 0.1) is 11.6 Å². The molecule has 0 aromatic heterocycles. The molecule has 1 amide bonds. The number of carbonyl (C=O) groups excluding carboxylic acids is 1. The number of hydrogen-bond donors (Lipinski definition) is 0. The third-order valence-electron chi connectivity index (χ3n) is 5.47. The molecule has 1 aliphatic rings. The van der Waals surface area contributed by atoms with Crippen LogP contribution in [0.15, 0.2) is 78.9 Å². The highest BCUT2D eigenvalue weighted by Gasteiger charge is 2.23. The van der Waals surface area contributed by atoms with E-state index in [9.17, 15) is 13.6 Å². The van der Waals surface area contributed by atoms with Crippen molar-refractivity contribution in [3.8, 4) is 11.5 Å². The van der Waals surface area contributed by atoms with Gasteiger partial charge in [0.2, 0.25) is 5.91 Å². The van der Waals surface area contributed by atoms with Crippen molar-refractivity contribution in [1.29, 1.82) is 0 Å². The molecule has 33 heavy (non-hydrogen) atoms. The second-order valence-corrected chi connectivity index (χ2v) is 7.90. The number of rotatable bonds is 7. The van der Waals surface area contributed by atoms with Crippen LogP contribution in [0.4, 0.5) is 8.78 Å². The fourth-order valence-electron chi connectivity index (χ4n) is 3.66. The largest absolute Gasteiger partial charge is 0.490 e. The molecule has 0 N–H and O–H groups in total. The summed E-state index contributed by atoms with van der Waals surface area (Å²) in [7, 11) is 0. The van der Waals surface area contributed by atoms with E-state index in [1.54, 1.807) is 17.1 Å². The van der Waals surface area contributed by atoms with E-state index < -0.39 is 11.6 Å². The van der Waals surface area contributed by atoms with Crippen molar-refractivity contribution < 1.29 is 23.0 Å². The number of likely N-dealkylation sites (tertiary alicyclic amines) is 1. The lowest BCUT2D eigenvalue weighted by Gasteiger charge is -2.31. The van der Waals surface area contributed by atoms with E-state index in [1.165, 1.54) is 6.07 Å². The molecule has 4 rings (SSSR count). The van der Waals surface area contributed by atoms with E-state index in [0.29, 0.717) is 38.3 Å². The van der Waals surface area contributed by atoms with Crippen LogP contribution >= 0.6 is 0 Å². The lowest BCUT2D eigenvalue weighted by molar-refractivity contribution is -0.127. The minimum atomic E-state index is -0.931. The Balaban J connectivity index is 1.26. The molecular weight excluding hydrogens is 424 g/mol. The molecule has 0 saturated carbocycles. The maximum atomic E-state index is 13.3. The molecule has 0 atom stereocenters. The van der Waals surface area contributed by atoms with E-state index in [-0.39, 0.29) is 12.0 Å². The molecule has 0 spiro atoms. The fraction of sp³-hybridized carbons (Fsp3) is 0.222. The standard InChI is InChI=1S/C27H25F2NO3/c28-25-11-10-24(18-26(25)29)33-22-13-15-30(16-14-22)27(31)12-9-20-7-4-8-23(17-20)32-19-21-5-2-1-3-6-21/h1-12,17-18,22H,13-16,19H2/b12-9+. The first-order valence-corrected chi connectivity index (χ1v) is 10.9. The third kappa shape index (κ3) is 6.42. The second-order valence-electron chi connectivity index (χ2n) is 7.90. The number of halogens is 2. The first-order chi connectivity index (χ1) is 16.1. The number of amides is 1. The average molecular weight is 449 g/mol. The molecular formula is C27H25F2NO3. The van der Waals surface area contributed by atoms with Crippen LogP contribution < -0.4 is 9.47 Å². The van der Waals surface area contributed by atoms with E-state index in [4.69, 9.17) is 9.47 Å². The molecule has 0 radical (unpaired) electrons. The molecule has 3 aromatic carbocycles. The van der Waals surface area contributed by atoms with Gasteiger partial charge in [0, 0.05) is 38.1 Å². The summed E-state index contributed by atoms with van der Waals surface area (Å²) in [5.74, 6) is -0.865. The van der Waals surface area contributed by atoms with Gasteiger partial charge < -0.3 is 14.4 Å². The molecule has 1 fully saturated rings. The summed E-state index contributed by atoms with van der Waals surface area (Å²) in [6, 6.07) is 21.0. The predicted molar refractivity (Wildman–Crippen MR) is 123 cm³/mol. The molecule has 1 saturated heterocycles. The van der Waals surface area contributed by atoms with Gasteiger partial charge in [-0.25, -0.2) is 8.78 Å². The summed E-state index contributed by atoms with van der Waals surface area (Å²) in [6.45, 7) is 1.56. The van der Waals surface area contributed by atoms with Crippen LogP contribution in [0.25, 0.3) is 6.08 Å². The number of benzene rings is 3. The molecule has 0 unspecified atom stereocenters. The Bertz CT molecular complexity index is 1110. The first-order valence-electron chi connectivity index (χ1n) is 10.9. The van der Waals surface area contributed by atoms with Crippen molar-refractivity contribution in [1.82, 2.24) is 4.90 Å². The summed E-state index contributed by atoms with van der Waals surface area (Å²) in [5.41, 5.74) is 1.97. The average Bonchev–Trinajstić information content (AvgIpc) is 2.85. The Labute approximate surface area is 192 Å². The van der Waals surface area contributed by atoms with Crippen LogP contribution in [-0.2, 0) is 11.4 Å².